The Kier molecular flexibility index (Phi) is 5.15. The molecule has 0 spiro atoms. The molecule has 0 bridgehead atoms. The van der Waals surface area contributed by atoms with Crippen molar-refractivity contribution in [2.45, 2.75) is 25.5 Å². The fraction of sp³-hybridized carbons (Fsp3) is 0.263. The van der Waals surface area contributed by atoms with Crippen molar-refractivity contribution < 1.29 is 9.53 Å². The van der Waals surface area contributed by atoms with Crippen LogP contribution in [0.1, 0.15) is 36.6 Å². The third kappa shape index (κ3) is 3.58. The van der Waals surface area contributed by atoms with E-state index in [0.29, 0.717) is 5.56 Å². The SMILES string of the molecule is COC(C)(C(=O)NC(C)c1ccc(C#N)cc1)c1ccccc1. The van der Waals surface area contributed by atoms with Gasteiger partial charge in [0, 0.05) is 7.11 Å². The first-order valence-electron chi connectivity index (χ1n) is 7.43. The Morgan fingerprint density at radius 1 is 1.17 bits per heavy atom. The molecule has 2 rings (SSSR count). The van der Waals surface area contributed by atoms with Crippen LogP contribution < -0.4 is 5.32 Å². The van der Waals surface area contributed by atoms with Crippen molar-refractivity contribution in [3.8, 4) is 6.07 Å². The molecule has 0 aromatic heterocycles. The smallest absolute Gasteiger partial charge is 0.257 e. The highest BCUT2D eigenvalue weighted by Crippen LogP contribution is 2.26. The molecule has 2 aromatic rings. The molecule has 2 unspecified atom stereocenters. The van der Waals surface area contributed by atoms with E-state index in [9.17, 15) is 4.79 Å². The highest BCUT2D eigenvalue weighted by molar-refractivity contribution is 5.86. The molecule has 0 saturated heterocycles. The Labute approximate surface area is 136 Å². The number of benzene rings is 2. The monoisotopic (exact) mass is 308 g/mol. The Bertz CT molecular complexity index is 704. The molecule has 0 aliphatic rings. The van der Waals surface area contributed by atoms with E-state index in [0.717, 1.165) is 11.1 Å². The lowest BCUT2D eigenvalue weighted by molar-refractivity contribution is -0.143. The van der Waals surface area contributed by atoms with Gasteiger partial charge in [-0.2, -0.15) is 5.26 Å². The lowest BCUT2D eigenvalue weighted by Crippen LogP contribution is -2.44. The average Bonchev–Trinajstić information content (AvgIpc) is 2.61. The second-order valence-electron chi connectivity index (χ2n) is 5.53. The fourth-order valence-corrected chi connectivity index (χ4v) is 2.36. The Morgan fingerprint density at radius 2 is 1.78 bits per heavy atom. The fourth-order valence-electron chi connectivity index (χ4n) is 2.36. The van der Waals surface area contributed by atoms with Crippen molar-refractivity contribution >= 4 is 5.91 Å². The molecule has 0 aliphatic carbocycles. The third-order valence-corrected chi connectivity index (χ3v) is 4.05. The number of nitrogens with zero attached hydrogens (tertiary/aromatic N) is 1. The lowest BCUT2D eigenvalue weighted by Gasteiger charge is -2.29. The first-order chi connectivity index (χ1) is 11.0. The number of carbonyl (C=O) groups excluding carboxylic acids is 1. The molecule has 2 aromatic carbocycles. The topological polar surface area (TPSA) is 62.1 Å². The summed E-state index contributed by atoms with van der Waals surface area (Å²) in [6, 6.07) is 18.5. The average molecular weight is 308 g/mol. The summed E-state index contributed by atoms with van der Waals surface area (Å²) < 4.78 is 5.50. The van der Waals surface area contributed by atoms with Crippen molar-refractivity contribution in [1.29, 1.82) is 5.26 Å². The summed E-state index contributed by atoms with van der Waals surface area (Å²) >= 11 is 0. The highest BCUT2D eigenvalue weighted by Gasteiger charge is 2.35. The molecule has 4 nitrogen and oxygen atoms in total. The van der Waals surface area contributed by atoms with E-state index < -0.39 is 5.60 Å². The van der Waals surface area contributed by atoms with Gasteiger partial charge in [0.1, 0.15) is 0 Å². The largest absolute Gasteiger partial charge is 0.364 e. The number of amides is 1. The van der Waals surface area contributed by atoms with Crippen molar-refractivity contribution in [3.63, 3.8) is 0 Å². The van der Waals surface area contributed by atoms with E-state index in [4.69, 9.17) is 10.00 Å². The zero-order valence-electron chi connectivity index (χ0n) is 13.5. The standard InChI is InChI=1S/C19H20N2O2/c1-14(16-11-9-15(13-20)10-12-16)21-18(22)19(2,23-3)17-7-5-4-6-8-17/h4-12,14H,1-3H3,(H,21,22). The second-order valence-corrected chi connectivity index (χ2v) is 5.53. The Hall–Kier alpha value is -2.64. The van der Waals surface area contributed by atoms with Crippen LogP contribution in [0, 0.1) is 11.3 Å². The van der Waals surface area contributed by atoms with Gasteiger partial charge in [0.25, 0.3) is 5.91 Å². The van der Waals surface area contributed by atoms with Gasteiger partial charge in [-0.1, -0.05) is 42.5 Å². The van der Waals surface area contributed by atoms with Crippen molar-refractivity contribution in [1.82, 2.24) is 5.32 Å². The molecule has 118 valence electrons. The maximum absolute atomic E-state index is 12.7. The van der Waals surface area contributed by atoms with Crippen LogP contribution in [-0.2, 0) is 15.1 Å². The van der Waals surface area contributed by atoms with Gasteiger partial charge in [-0.25, -0.2) is 0 Å². The van der Waals surface area contributed by atoms with Crippen LogP contribution in [0.15, 0.2) is 54.6 Å². The number of ether oxygens (including phenoxy) is 1. The molecule has 0 radical (unpaired) electrons. The van der Waals surface area contributed by atoms with E-state index >= 15 is 0 Å². The van der Waals surface area contributed by atoms with Crippen LogP contribution in [0.4, 0.5) is 0 Å². The number of carbonyl (C=O) groups is 1. The minimum atomic E-state index is -1.05. The third-order valence-electron chi connectivity index (χ3n) is 4.05. The molecular weight excluding hydrogens is 288 g/mol. The summed E-state index contributed by atoms with van der Waals surface area (Å²) in [4.78, 5) is 12.7. The van der Waals surface area contributed by atoms with Gasteiger partial charge in [0.05, 0.1) is 17.7 Å². The molecular formula is C19H20N2O2. The maximum Gasteiger partial charge on any atom is 0.257 e. The summed E-state index contributed by atoms with van der Waals surface area (Å²) in [5.74, 6) is -0.206. The highest BCUT2D eigenvalue weighted by atomic mass is 16.5. The van der Waals surface area contributed by atoms with Crippen molar-refractivity contribution in [2.75, 3.05) is 7.11 Å². The van der Waals surface area contributed by atoms with E-state index in [-0.39, 0.29) is 11.9 Å². The van der Waals surface area contributed by atoms with Crippen LogP contribution in [0.25, 0.3) is 0 Å². The van der Waals surface area contributed by atoms with Crippen LogP contribution in [0.5, 0.6) is 0 Å². The predicted octanol–water partition coefficient (Wildman–Crippen LogP) is 3.30. The number of nitriles is 1. The van der Waals surface area contributed by atoms with Gasteiger partial charge in [0.2, 0.25) is 0 Å². The zero-order valence-corrected chi connectivity index (χ0v) is 13.5. The molecule has 0 fully saturated rings. The molecule has 0 heterocycles. The number of hydrogen-bond donors (Lipinski definition) is 1. The summed E-state index contributed by atoms with van der Waals surface area (Å²) in [6.07, 6.45) is 0. The second kappa shape index (κ2) is 7.08. The van der Waals surface area contributed by atoms with Crippen LogP contribution in [-0.4, -0.2) is 13.0 Å². The molecule has 1 N–H and O–H groups in total. The predicted molar refractivity (Wildman–Crippen MR) is 88.5 cm³/mol. The first-order valence-corrected chi connectivity index (χ1v) is 7.43. The van der Waals surface area contributed by atoms with Gasteiger partial charge in [-0.15, -0.1) is 0 Å². The molecule has 2 atom stereocenters. The molecule has 0 saturated carbocycles. The zero-order chi connectivity index (χ0) is 16.9. The molecule has 1 amide bonds. The summed E-state index contributed by atoms with van der Waals surface area (Å²) in [5.41, 5.74) is 1.27. The molecule has 0 aliphatic heterocycles. The van der Waals surface area contributed by atoms with Crippen LogP contribution in [0.2, 0.25) is 0 Å². The van der Waals surface area contributed by atoms with E-state index in [1.54, 1.807) is 19.1 Å². The van der Waals surface area contributed by atoms with Gasteiger partial charge in [0.15, 0.2) is 5.60 Å². The van der Waals surface area contributed by atoms with Gasteiger partial charge < -0.3 is 10.1 Å². The van der Waals surface area contributed by atoms with Gasteiger partial charge >= 0.3 is 0 Å². The number of methoxy groups -OCH3 is 1. The number of nitrogens with one attached hydrogen (secondary N) is 1. The van der Waals surface area contributed by atoms with E-state index in [1.807, 2.05) is 49.4 Å². The molecule has 4 heteroatoms. The van der Waals surface area contributed by atoms with Gasteiger partial charge in [-0.3, -0.25) is 4.79 Å². The summed E-state index contributed by atoms with van der Waals surface area (Å²) in [6.45, 7) is 3.66. The number of rotatable bonds is 5. The quantitative estimate of drug-likeness (QED) is 0.922. The number of hydrogen-bond acceptors (Lipinski definition) is 3. The van der Waals surface area contributed by atoms with E-state index in [1.165, 1.54) is 7.11 Å². The summed E-state index contributed by atoms with van der Waals surface area (Å²) in [5, 5.41) is 11.8. The normalized spacial score (nSPS) is 14.3. The summed E-state index contributed by atoms with van der Waals surface area (Å²) in [7, 11) is 1.53. The van der Waals surface area contributed by atoms with Crippen LogP contribution in [0.3, 0.4) is 0 Å². The first kappa shape index (κ1) is 16.7. The van der Waals surface area contributed by atoms with Crippen LogP contribution >= 0.6 is 0 Å². The Balaban J connectivity index is 2.17. The van der Waals surface area contributed by atoms with E-state index in [2.05, 4.69) is 11.4 Å². The van der Waals surface area contributed by atoms with Gasteiger partial charge in [-0.05, 0) is 37.1 Å². The lowest BCUT2D eigenvalue weighted by atomic mass is 9.94. The minimum Gasteiger partial charge on any atom is -0.364 e. The van der Waals surface area contributed by atoms with Crippen molar-refractivity contribution in [3.05, 3.63) is 71.3 Å². The van der Waals surface area contributed by atoms with Crippen molar-refractivity contribution in [2.24, 2.45) is 0 Å². The minimum absolute atomic E-state index is 0.187. The maximum atomic E-state index is 12.7. The molecule has 23 heavy (non-hydrogen) atoms. The Morgan fingerprint density at radius 3 is 2.30 bits per heavy atom.